The molecule has 0 N–H and O–H groups in total. The van der Waals surface area contributed by atoms with Crippen LogP contribution in [0, 0.1) is 11.3 Å². The summed E-state index contributed by atoms with van der Waals surface area (Å²) in [6, 6.07) is 16.9. The van der Waals surface area contributed by atoms with Gasteiger partial charge in [0.15, 0.2) is 12.4 Å². The van der Waals surface area contributed by atoms with Crippen LogP contribution >= 0.6 is 0 Å². The Balaban J connectivity index is 2.10. The van der Waals surface area contributed by atoms with Crippen LogP contribution in [0.15, 0.2) is 54.6 Å². The highest BCUT2D eigenvalue weighted by atomic mass is 16.5. The molecule has 0 saturated heterocycles. The molecular weight excluding hydrogens is 332 g/mol. The molecule has 0 saturated carbocycles. The van der Waals surface area contributed by atoms with E-state index in [1.54, 1.807) is 48.5 Å². The molecule has 2 aromatic carbocycles. The fourth-order valence-electron chi connectivity index (χ4n) is 2.26. The molecule has 6 heteroatoms. The maximum Gasteiger partial charge on any atom is 0.339 e. The number of likely N-dealkylation sites (N-methyl/N-ethyl adjacent to an activating group) is 1. The summed E-state index contributed by atoms with van der Waals surface area (Å²) < 4.78 is 5.05. The van der Waals surface area contributed by atoms with Gasteiger partial charge in [-0.25, -0.2) is 4.79 Å². The predicted octanol–water partition coefficient (Wildman–Crippen LogP) is 2.45. The van der Waals surface area contributed by atoms with E-state index < -0.39 is 18.5 Å². The molecule has 26 heavy (non-hydrogen) atoms. The molecule has 0 heterocycles. The summed E-state index contributed by atoms with van der Waals surface area (Å²) in [4.78, 5) is 38.2. The molecule has 0 fully saturated rings. The van der Waals surface area contributed by atoms with Crippen molar-refractivity contribution >= 4 is 17.7 Å². The van der Waals surface area contributed by atoms with Crippen molar-refractivity contribution in [3.8, 4) is 6.07 Å². The van der Waals surface area contributed by atoms with E-state index in [1.165, 1.54) is 18.0 Å². The minimum absolute atomic E-state index is 0.105. The summed E-state index contributed by atoms with van der Waals surface area (Å²) >= 11 is 0. The number of esters is 1. The van der Waals surface area contributed by atoms with Gasteiger partial charge in [-0.1, -0.05) is 48.5 Å². The number of nitriles is 1. The number of hydrogen-bond acceptors (Lipinski definition) is 5. The first kappa shape index (κ1) is 18.9. The van der Waals surface area contributed by atoms with E-state index in [0.29, 0.717) is 5.56 Å². The zero-order chi connectivity index (χ0) is 18.9. The first-order chi connectivity index (χ1) is 12.5. The van der Waals surface area contributed by atoms with Gasteiger partial charge in [0, 0.05) is 24.7 Å². The van der Waals surface area contributed by atoms with Crippen LogP contribution in [0.1, 0.15) is 32.7 Å². The molecule has 0 aliphatic carbocycles. The van der Waals surface area contributed by atoms with Crippen LogP contribution in [0.3, 0.4) is 0 Å². The summed E-state index contributed by atoms with van der Waals surface area (Å²) in [6.45, 7) is -0.190. The Morgan fingerprint density at radius 2 is 1.62 bits per heavy atom. The maximum absolute atomic E-state index is 12.6. The molecule has 0 spiro atoms. The van der Waals surface area contributed by atoms with Crippen molar-refractivity contribution < 1.29 is 19.1 Å². The quantitative estimate of drug-likeness (QED) is 0.565. The minimum atomic E-state index is -0.744. The highest BCUT2D eigenvalue weighted by Crippen LogP contribution is 2.16. The van der Waals surface area contributed by atoms with E-state index in [4.69, 9.17) is 10.00 Å². The zero-order valence-corrected chi connectivity index (χ0v) is 14.3. The van der Waals surface area contributed by atoms with Gasteiger partial charge < -0.3 is 9.64 Å². The number of ether oxygens (including phenoxy) is 1. The average molecular weight is 350 g/mol. The van der Waals surface area contributed by atoms with Gasteiger partial charge in [0.2, 0.25) is 0 Å². The van der Waals surface area contributed by atoms with Crippen LogP contribution < -0.4 is 0 Å². The minimum Gasteiger partial charge on any atom is -0.452 e. The van der Waals surface area contributed by atoms with Gasteiger partial charge >= 0.3 is 5.97 Å². The average Bonchev–Trinajstić information content (AvgIpc) is 2.69. The lowest BCUT2D eigenvalue weighted by Crippen LogP contribution is -2.32. The monoisotopic (exact) mass is 350 g/mol. The number of carbonyl (C=O) groups excluding carboxylic acids is 3. The first-order valence-corrected chi connectivity index (χ1v) is 8.01. The normalized spacial score (nSPS) is 9.85. The third kappa shape index (κ3) is 4.77. The van der Waals surface area contributed by atoms with E-state index in [0.717, 1.165) is 0 Å². The second-order valence-electron chi connectivity index (χ2n) is 5.54. The van der Waals surface area contributed by atoms with E-state index in [1.807, 2.05) is 6.07 Å². The van der Waals surface area contributed by atoms with Crippen molar-refractivity contribution in [2.75, 3.05) is 20.2 Å². The lowest BCUT2D eigenvalue weighted by Gasteiger charge is -2.15. The summed E-state index contributed by atoms with van der Waals surface area (Å²) in [5, 5.41) is 8.53. The van der Waals surface area contributed by atoms with Crippen LogP contribution in [-0.2, 0) is 9.53 Å². The molecule has 0 unspecified atom stereocenters. The molecule has 0 atom stereocenters. The molecule has 6 nitrogen and oxygen atoms in total. The van der Waals surface area contributed by atoms with Gasteiger partial charge in [-0.05, 0) is 6.07 Å². The Bertz CT molecular complexity index is 840. The Labute approximate surface area is 151 Å². The van der Waals surface area contributed by atoms with E-state index >= 15 is 0 Å². The molecular formula is C20H18N2O4. The molecule has 2 aromatic rings. The van der Waals surface area contributed by atoms with Crippen molar-refractivity contribution in [1.29, 1.82) is 5.26 Å². The fourth-order valence-corrected chi connectivity index (χ4v) is 2.26. The van der Waals surface area contributed by atoms with Gasteiger partial charge in [0.05, 0.1) is 18.1 Å². The summed E-state index contributed by atoms with van der Waals surface area (Å²) in [6.07, 6.45) is 0.199. The van der Waals surface area contributed by atoms with Crippen molar-refractivity contribution in [3.05, 3.63) is 71.3 Å². The number of amides is 1. The Kier molecular flexibility index (Phi) is 6.63. The molecule has 2 rings (SSSR count). The Morgan fingerprint density at radius 1 is 1.00 bits per heavy atom. The van der Waals surface area contributed by atoms with Crippen molar-refractivity contribution in [3.63, 3.8) is 0 Å². The lowest BCUT2D eigenvalue weighted by molar-refractivity contribution is -0.133. The topological polar surface area (TPSA) is 87.5 Å². The summed E-state index contributed by atoms with van der Waals surface area (Å²) in [5.74, 6) is -1.46. The first-order valence-electron chi connectivity index (χ1n) is 8.01. The highest BCUT2D eigenvalue weighted by molar-refractivity contribution is 6.14. The van der Waals surface area contributed by atoms with Crippen molar-refractivity contribution in [1.82, 2.24) is 4.90 Å². The smallest absolute Gasteiger partial charge is 0.339 e. The Hall–Kier alpha value is -3.46. The second-order valence-corrected chi connectivity index (χ2v) is 5.54. The van der Waals surface area contributed by atoms with Crippen LogP contribution in [0.2, 0.25) is 0 Å². The van der Waals surface area contributed by atoms with Crippen LogP contribution in [0.25, 0.3) is 0 Å². The third-order valence-corrected chi connectivity index (χ3v) is 3.74. The molecule has 132 valence electrons. The third-order valence-electron chi connectivity index (χ3n) is 3.74. The number of hydrogen-bond donors (Lipinski definition) is 0. The van der Waals surface area contributed by atoms with E-state index in [2.05, 4.69) is 0 Å². The highest BCUT2D eigenvalue weighted by Gasteiger charge is 2.20. The molecule has 0 aliphatic rings. The van der Waals surface area contributed by atoms with Gasteiger partial charge in [-0.3, -0.25) is 9.59 Å². The van der Waals surface area contributed by atoms with Gasteiger partial charge in [-0.2, -0.15) is 5.26 Å². The second kappa shape index (κ2) is 9.14. The fraction of sp³-hybridized carbons (Fsp3) is 0.200. The number of carbonyl (C=O) groups is 3. The number of benzene rings is 2. The van der Waals surface area contributed by atoms with Crippen LogP contribution in [0.4, 0.5) is 0 Å². The van der Waals surface area contributed by atoms with Crippen LogP contribution in [0.5, 0.6) is 0 Å². The lowest BCUT2D eigenvalue weighted by atomic mass is 9.98. The summed E-state index contributed by atoms with van der Waals surface area (Å²) in [7, 11) is 1.53. The largest absolute Gasteiger partial charge is 0.452 e. The molecule has 0 bridgehead atoms. The number of rotatable bonds is 7. The molecule has 0 radical (unpaired) electrons. The van der Waals surface area contributed by atoms with Gasteiger partial charge in [0.1, 0.15) is 0 Å². The molecule has 1 amide bonds. The standard InChI is InChI=1S/C20H18N2O4/c1-22(13-7-12-21)18(23)14-26-20(25)17-11-6-5-10-16(17)19(24)15-8-3-2-4-9-15/h2-6,8-11H,7,13-14H2,1H3. The maximum atomic E-state index is 12.6. The predicted molar refractivity (Wildman–Crippen MR) is 94.5 cm³/mol. The number of nitrogens with zero attached hydrogens (tertiary/aromatic N) is 2. The Morgan fingerprint density at radius 3 is 2.27 bits per heavy atom. The number of ketones is 1. The zero-order valence-electron chi connectivity index (χ0n) is 14.3. The van der Waals surface area contributed by atoms with Crippen LogP contribution in [-0.4, -0.2) is 42.8 Å². The summed E-state index contributed by atoms with van der Waals surface area (Å²) in [5.41, 5.74) is 0.780. The van der Waals surface area contributed by atoms with Crippen molar-refractivity contribution in [2.24, 2.45) is 0 Å². The molecule has 0 aliphatic heterocycles. The molecule has 0 aromatic heterocycles. The van der Waals surface area contributed by atoms with Crippen molar-refractivity contribution in [2.45, 2.75) is 6.42 Å². The van der Waals surface area contributed by atoms with Gasteiger partial charge in [-0.15, -0.1) is 0 Å². The van der Waals surface area contributed by atoms with Gasteiger partial charge in [0.25, 0.3) is 5.91 Å². The van der Waals surface area contributed by atoms with E-state index in [9.17, 15) is 14.4 Å². The van der Waals surface area contributed by atoms with E-state index in [-0.39, 0.29) is 29.9 Å². The SMILES string of the molecule is CN(CCC#N)C(=O)COC(=O)c1ccccc1C(=O)c1ccccc1.